The number of hydrogen-bond donors (Lipinski definition) is 2. The van der Waals surface area contributed by atoms with E-state index in [1.54, 1.807) is 24.4 Å². The summed E-state index contributed by atoms with van der Waals surface area (Å²) in [6.45, 7) is 0.398. The Morgan fingerprint density at radius 2 is 1.66 bits per heavy atom. The van der Waals surface area contributed by atoms with Gasteiger partial charge in [0.05, 0.1) is 5.69 Å². The predicted octanol–water partition coefficient (Wildman–Crippen LogP) is 3.11. The van der Waals surface area contributed by atoms with E-state index in [2.05, 4.69) is 15.0 Å². The Bertz CT molecular complexity index is 1320. The molecule has 0 aliphatic heterocycles. The van der Waals surface area contributed by atoms with Crippen LogP contribution in [0.5, 0.6) is 0 Å². The summed E-state index contributed by atoms with van der Waals surface area (Å²) in [6.07, 6.45) is 1.62. The van der Waals surface area contributed by atoms with Gasteiger partial charge in [0, 0.05) is 30.9 Å². The molecule has 0 atom stereocenters. The standard InChI is InChI=1S/C24H19FN4O3/c25-19-10-8-17(9-11-19)22-18(7-4-12-26-22)15-29(14-16-5-2-1-3-6-16)23(31)20-13-21(30)28-24(32)27-20/h1-13H,14-15H2,(H2,27,28,30,32). The van der Waals surface area contributed by atoms with E-state index in [1.165, 1.54) is 17.0 Å². The summed E-state index contributed by atoms with van der Waals surface area (Å²) in [7, 11) is 0. The maximum Gasteiger partial charge on any atom is 0.326 e. The number of pyridine rings is 1. The van der Waals surface area contributed by atoms with Gasteiger partial charge in [-0.1, -0.05) is 36.4 Å². The van der Waals surface area contributed by atoms with Crippen molar-refractivity contribution in [2.24, 2.45) is 0 Å². The van der Waals surface area contributed by atoms with Crippen molar-refractivity contribution in [3.8, 4) is 11.3 Å². The lowest BCUT2D eigenvalue weighted by Crippen LogP contribution is -2.34. The molecular formula is C24H19FN4O3. The van der Waals surface area contributed by atoms with Crippen LogP contribution in [-0.4, -0.2) is 25.8 Å². The molecule has 1 amide bonds. The highest BCUT2D eigenvalue weighted by molar-refractivity contribution is 5.92. The van der Waals surface area contributed by atoms with E-state index in [0.717, 1.165) is 17.2 Å². The molecule has 0 spiro atoms. The summed E-state index contributed by atoms with van der Waals surface area (Å²) in [4.78, 5) is 47.1. The Balaban J connectivity index is 1.73. The molecule has 2 aromatic heterocycles. The summed E-state index contributed by atoms with van der Waals surface area (Å²) >= 11 is 0. The smallest absolute Gasteiger partial charge is 0.326 e. The first-order valence-corrected chi connectivity index (χ1v) is 9.86. The molecule has 0 radical (unpaired) electrons. The SMILES string of the molecule is O=C(c1cc(=O)[nH]c(=O)[nH]1)N(Cc1ccccc1)Cc1cccnc1-c1ccc(F)cc1. The summed E-state index contributed by atoms with van der Waals surface area (Å²) in [5, 5.41) is 0. The maximum atomic E-state index is 13.4. The molecule has 4 aromatic rings. The first kappa shape index (κ1) is 20.9. The van der Waals surface area contributed by atoms with Crippen molar-refractivity contribution in [3.05, 3.63) is 122 Å². The van der Waals surface area contributed by atoms with Crippen molar-refractivity contribution in [3.63, 3.8) is 0 Å². The molecule has 32 heavy (non-hydrogen) atoms. The van der Waals surface area contributed by atoms with Crippen molar-refractivity contribution >= 4 is 5.91 Å². The van der Waals surface area contributed by atoms with Gasteiger partial charge in [0.25, 0.3) is 11.5 Å². The molecule has 0 fully saturated rings. The number of amides is 1. The van der Waals surface area contributed by atoms with Gasteiger partial charge < -0.3 is 9.88 Å². The summed E-state index contributed by atoms with van der Waals surface area (Å²) in [5.41, 5.74) is 1.40. The summed E-state index contributed by atoms with van der Waals surface area (Å²) in [5.74, 6) is -0.865. The highest BCUT2D eigenvalue weighted by Gasteiger charge is 2.20. The van der Waals surface area contributed by atoms with E-state index in [0.29, 0.717) is 11.3 Å². The number of H-pyrrole nitrogens is 2. The van der Waals surface area contributed by atoms with Crippen LogP contribution in [0.25, 0.3) is 11.3 Å². The van der Waals surface area contributed by atoms with Crippen molar-refractivity contribution < 1.29 is 9.18 Å². The number of rotatable bonds is 6. The zero-order valence-electron chi connectivity index (χ0n) is 16.9. The predicted molar refractivity (Wildman–Crippen MR) is 117 cm³/mol. The van der Waals surface area contributed by atoms with Crippen molar-refractivity contribution in [1.82, 2.24) is 19.9 Å². The Morgan fingerprint density at radius 1 is 0.906 bits per heavy atom. The van der Waals surface area contributed by atoms with E-state index in [-0.39, 0.29) is 24.6 Å². The van der Waals surface area contributed by atoms with Crippen LogP contribution in [0.3, 0.4) is 0 Å². The zero-order chi connectivity index (χ0) is 22.5. The quantitative estimate of drug-likeness (QED) is 0.491. The van der Waals surface area contributed by atoms with Gasteiger partial charge in [-0.3, -0.25) is 19.6 Å². The number of nitrogens with zero attached hydrogens (tertiary/aromatic N) is 2. The highest BCUT2D eigenvalue weighted by atomic mass is 19.1. The number of hydrogen-bond acceptors (Lipinski definition) is 4. The fourth-order valence-electron chi connectivity index (χ4n) is 3.40. The molecule has 0 unspecified atom stereocenters. The first-order valence-electron chi connectivity index (χ1n) is 9.86. The summed E-state index contributed by atoms with van der Waals surface area (Å²) in [6, 6.07) is 19.9. The lowest BCUT2D eigenvalue weighted by atomic mass is 10.0. The van der Waals surface area contributed by atoms with Gasteiger partial charge >= 0.3 is 5.69 Å². The molecule has 8 heteroatoms. The van der Waals surface area contributed by atoms with Gasteiger partial charge in [0.15, 0.2) is 0 Å². The van der Waals surface area contributed by atoms with Gasteiger partial charge in [-0.2, -0.15) is 0 Å². The molecule has 160 valence electrons. The topological polar surface area (TPSA) is 98.9 Å². The van der Waals surface area contributed by atoms with Crippen LogP contribution in [0.4, 0.5) is 4.39 Å². The Morgan fingerprint density at radius 3 is 2.38 bits per heavy atom. The molecule has 0 aliphatic rings. The lowest BCUT2D eigenvalue weighted by molar-refractivity contribution is 0.0723. The van der Waals surface area contributed by atoms with Crippen LogP contribution < -0.4 is 11.2 Å². The van der Waals surface area contributed by atoms with Gasteiger partial charge in [-0.05, 0) is 41.5 Å². The molecule has 7 nitrogen and oxygen atoms in total. The highest BCUT2D eigenvalue weighted by Crippen LogP contribution is 2.24. The van der Waals surface area contributed by atoms with E-state index < -0.39 is 17.2 Å². The molecule has 0 saturated heterocycles. The fourth-order valence-corrected chi connectivity index (χ4v) is 3.40. The van der Waals surface area contributed by atoms with Crippen molar-refractivity contribution in [2.75, 3.05) is 0 Å². The van der Waals surface area contributed by atoms with Crippen molar-refractivity contribution in [1.29, 1.82) is 0 Å². The number of benzene rings is 2. The Kier molecular flexibility index (Phi) is 6.03. The van der Waals surface area contributed by atoms with E-state index >= 15 is 0 Å². The van der Waals surface area contributed by atoms with Crippen LogP contribution in [0.2, 0.25) is 0 Å². The molecule has 0 saturated carbocycles. The number of nitrogens with one attached hydrogen (secondary N) is 2. The minimum Gasteiger partial charge on any atom is -0.329 e. The average molecular weight is 430 g/mol. The molecule has 2 aromatic carbocycles. The number of carbonyl (C=O) groups excluding carboxylic acids is 1. The minimum absolute atomic E-state index is 0.109. The van der Waals surface area contributed by atoms with Crippen LogP contribution in [0.15, 0.2) is 88.6 Å². The molecule has 4 rings (SSSR count). The monoisotopic (exact) mass is 430 g/mol. The lowest BCUT2D eigenvalue weighted by Gasteiger charge is -2.24. The molecular weight excluding hydrogens is 411 g/mol. The van der Waals surface area contributed by atoms with E-state index in [9.17, 15) is 18.8 Å². The number of aromatic nitrogens is 3. The van der Waals surface area contributed by atoms with Crippen LogP contribution in [0.1, 0.15) is 21.6 Å². The Labute approximate surface area is 182 Å². The second kappa shape index (κ2) is 9.22. The molecule has 0 bridgehead atoms. The summed E-state index contributed by atoms with van der Waals surface area (Å²) < 4.78 is 13.4. The number of aromatic amines is 2. The average Bonchev–Trinajstić information content (AvgIpc) is 2.79. The van der Waals surface area contributed by atoms with Crippen LogP contribution >= 0.6 is 0 Å². The first-order chi connectivity index (χ1) is 15.5. The van der Waals surface area contributed by atoms with Gasteiger partial charge in [0.2, 0.25) is 0 Å². The third-order valence-corrected chi connectivity index (χ3v) is 4.86. The Hall–Kier alpha value is -4.33. The molecule has 0 aliphatic carbocycles. The van der Waals surface area contributed by atoms with Crippen molar-refractivity contribution in [2.45, 2.75) is 13.1 Å². The number of carbonyl (C=O) groups is 1. The van der Waals surface area contributed by atoms with Crippen LogP contribution in [-0.2, 0) is 13.1 Å². The van der Waals surface area contributed by atoms with E-state index in [4.69, 9.17) is 0 Å². The third kappa shape index (κ3) is 4.86. The molecule has 2 N–H and O–H groups in total. The second-order valence-electron chi connectivity index (χ2n) is 7.17. The van der Waals surface area contributed by atoms with E-state index in [1.807, 2.05) is 36.4 Å². The minimum atomic E-state index is -0.756. The second-order valence-corrected chi connectivity index (χ2v) is 7.17. The maximum absolute atomic E-state index is 13.4. The van der Waals surface area contributed by atoms with Crippen LogP contribution in [0, 0.1) is 5.82 Å². The fraction of sp³-hybridized carbons (Fsp3) is 0.0833. The largest absolute Gasteiger partial charge is 0.329 e. The number of halogens is 1. The van der Waals surface area contributed by atoms with Gasteiger partial charge in [-0.15, -0.1) is 0 Å². The zero-order valence-corrected chi connectivity index (χ0v) is 16.9. The third-order valence-electron chi connectivity index (χ3n) is 4.86. The van der Waals surface area contributed by atoms with Gasteiger partial charge in [0.1, 0.15) is 11.5 Å². The normalized spacial score (nSPS) is 10.7. The molecule has 2 heterocycles. The van der Waals surface area contributed by atoms with Gasteiger partial charge in [-0.25, -0.2) is 9.18 Å².